The summed E-state index contributed by atoms with van der Waals surface area (Å²) in [5, 5.41) is 5.34. The molecule has 204 valence electrons. The van der Waals surface area contributed by atoms with E-state index < -0.39 is 27.8 Å². The Bertz CT molecular complexity index is 1620. The molecule has 1 N–H and O–H groups in total. The van der Waals surface area contributed by atoms with Gasteiger partial charge in [-0.2, -0.15) is 5.10 Å². The molecule has 1 unspecified atom stereocenters. The number of fused-ring (bicyclic) bond motifs is 1. The van der Waals surface area contributed by atoms with Gasteiger partial charge in [0, 0.05) is 18.4 Å². The average Bonchev–Trinajstić information content (AvgIpc) is 3.41. The molecule has 0 saturated heterocycles. The molecule has 1 aliphatic heterocycles. The Labute approximate surface area is 234 Å². The van der Waals surface area contributed by atoms with Gasteiger partial charge in [0.15, 0.2) is 0 Å². The highest BCUT2D eigenvalue weighted by Crippen LogP contribution is 2.29. The molecule has 5 rings (SSSR count). The standard InChI is InChI=1S/C31H30N4O4S/c36-30(33-40(38,39)19-17-24-10-3-1-4-11-24)28(31(37)35-18-9-15-27-14-7-8-16-29(27)35)20-26-21-32-34(23-26)22-25-12-5-2-6-13-25/h1-8,10-14,16-17,19,21,23,28H,9,15,18,20,22H2,(H,33,36). The third-order valence-electron chi connectivity index (χ3n) is 6.79. The highest BCUT2D eigenvalue weighted by molar-refractivity contribution is 7.93. The maximum absolute atomic E-state index is 13.9. The van der Waals surface area contributed by atoms with Crippen LogP contribution in [-0.2, 0) is 39.0 Å². The van der Waals surface area contributed by atoms with E-state index in [0.29, 0.717) is 24.2 Å². The molecule has 1 atom stereocenters. The van der Waals surface area contributed by atoms with E-state index in [2.05, 4.69) is 9.82 Å². The lowest BCUT2D eigenvalue weighted by molar-refractivity contribution is -0.132. The van der Waals surface area contributed by atoms with Crippen LogP contribution in [0.5, 0.6) is 0 Å². The number of anilines is 1. The third kappa shape index (κ3) is 6.73. The summed E-state index contributed by atoms with van der Waals surface area (Å²) in [6.45, 7) is 0.983. The van der Waals surface area contributed by atoms with Gasteiger partial charge in [0.25, 0.3) is 10.0 Å². The minimum absolute atomic E-state index is 0.00996. The summed E-state index contributed by atoms with van der Waals surface area (Å²) in [5.41, 5.74) is 4.16. The molecule has 8 nitrogen and oxygen atoms in total. The van der Waals surface area contributed by atoms with Crippen molar-refractivity contribution in [3.8, 4) is 0 Å². The molecule has 0 bridgehead atoms. The van der Waals surface area contributed by atoms with Crippen molar-refractivity contribution in [1.29, 1.82) is 0 Å². The van der Waals surface area contributed by atoms with Crippen molar-refractivity contribution in [3.63, 3.8) is 0 Å². The van der Waals surface area contributed by atoms with Crippen molar-refractivity contribution < 1.29 is 18.0 Å². The highest BCUT2D eigenvalue weighted by atomic mass is 32.2. The van der Waals surface area contributed by atoms with Crippen molar-refractivity contribution in [2.45, 2.75) is 25.8 Å². The van der Waals surface area contributed by atoms with Crippen LogP contribution >= 0.6 is 0 Å². The smallest absolute Gasteiger partial charge is 0.257 e. The third-order valence-corrected chi connectivity index (χ3v) is 7.77. The first-order valence-corrected chi connectivity index (χ1v) is 14.7. The predicted octanol–water partition coefficient (Wildman–Crippen LogP) is 4.19. The summed E-state index contributed by atoms with van der Waals surface area (Å²) in [5.74, 6) is -2.58. The molecule has 3 aromatic carbocycles. The van der Waals surface area contributed by atoms with Crippen LogP contribution in [0.4, 0.5) is 5.69 Å². The second kappa shape index (κ2) is 12.1. The van der Waals surface area contributed by atoms with Gasteiger partial charge in [0.1, 0.15) is 5.92 Å². The van der Waals surface area contributed by atoms with Crippen molar-refractivity contribution in [3.05, 3.63) is 125 Å². The molecular formula is C31H30N4O4S. The number of hydrogen-bond donors (Lipinski definition) is 1. The number of nitrogens with one attached hydrogen (secondary N) is 1. The van der Waals surface area contributed by atoms with E-state index >= 15 is 0 Å². The summed E-state index contributed by atoms with van der Waals surface area (Å²) < 4.78 is 29.5. The number of nitrogens with zero attached hydrogens (tertiary/aromatic N) is 3. The van der Waals surface area contributed by atoms with Crippen LogP contribution in [0.2, 0.25) is 0 Å². The van der Waals surface area contributed by atoms with Gasteiger partial charge >= 0.3 is 0 Å². The quantitative estimate of drug-likeness (QED) is 0.313. The first-order valence-electron chi connectivity index (χ1n) is 13.1. The number of sulfonamides is 1. The molecule has 0 saturated carbocycles. The van der Waals surface area contributed by atoms with Crippen LogP contribution in [0, 0.1) is 5.92 Å². The molecule has 4 aromatic rings. The van der Waals surface area contributed by atoms with E-state index in [1.54, 1.807) is 46.2 Å². The minimum atomic E-state index is -4.15. The second-order valence-electron chi connectivity index (χ2n) is 9.74. The van der Waals surface area contributed by atoms with Crippen molar-refractivity contribution in [2.75, 3.05) is 11.4 Å². The van der Waals surface area contributed by atoms with Gasteiger partial charge in [-0.1, -0.05) is 78.9 Å². The van der Waals surface area contributed by atoms with Crippen molar-refractivity contribution in [2.24, 2.45) is 5.92 Å². The molecule has 9 heteroatoms. The molecule has 2 heterocycles. The molecule has 1 aromatic heterocycles. The van der Waals surface area contributed by atoms with Crippen LogP contribution in [0.15, 0.2) is 103 Å². The van der Waals surface area contributed by atoms with Gasteiger partial charge in [-0.15, -0.1) is 0 Å². The Morgan fingerprint density at radius 3 is 2.40 bits per heavy atom. The monoisotopic (exact) mass is 554 g/mol. The number of carbonyl (C=O) groups is 2. The van der Waals surface area contributed by atoms with Gasteiger partial charge in [-0.05, 0) is 53.7 Å². The second-order valence-corrected chi connectivity index (χ2v) is 11.3. The lowest BCUT2D eigenvalue weighted by atomic mass is 9.95. The van der Waals surface area contributed by atoms with Crippen LogP contribution in [0.3, 0.4) is 0 Å². The lowest BCUT2D eigenvalue weighted by Gasteiger charge is -2.32. The Morgan fingerprint density at radius 1 is 0.925 bits per heavy atom. The topological polar surface area (TPSA) is 101 Å². The molecule has 0 fully saturated rings. The average molecular weight is 555 g/mol. The summed E-state index contributed by atoms with van der Waals surface area (Å²) >= 11 is 0. The van der Waals surface area contributed by atoms with Gasteiger partial charge < -0.3 is 4.90 Å². The number of carbonyl (C=O) groups excluding carboxylic acids is 2. The van der Waals surface area contributed by atoms with Gasteiger partial charge in [-0.25, -0.2) is 13.1 Å². The predicted molar refractivity (Wildman–Crippen MR) is 155 cm³/mol. The number of amides is 2. The maximum atomic E-state index is 13.9. The SMILES string of the molecule is O=C(NS(=O)(=O)C=Cc1ccccc1)C(Cc1cnn(Cc2ccccc2)c1)C(=O)N1CCCc2ccccc21. The number of para-hydroxylation sites is 1. The van der Waals surface area contributed by atoms with Crippen molar-refractivity contribution in [1.82, 2.24) is 14.5 Å². The van der Waals surface area contributed by atoms with Crippen molar-refractivity contribution >= 4 is 33.6 Å². The van der Waals surface area contributed by atoms with E-state index in [1.165, 1.54) is 6.08 Å². The molecular weight excluding hydrogens is 524 g/mol. The Hall–Kier alpha value is -4.50. The molecule has 40 heavy (non-hydrogen) atoms. The number of benzene rings is 3. The van der Waals surface area contributed by atoms with E-state index in [4.69, 9.17) is 0 Å². The molecule has 0 spiro atoms. The van der Waals surface area contributed by atoms with Gasteiger partial charge in [0.2, 0.25) is 11.8 Å². The zero-order valence-corrected chi connectivity index (χ0v) is 22.7. The number of aryl methyl sites for hydroxylation is 1. The number of hydrogen-bond acceptors (Lipinski definition) is 5. The molecule has 1 aliphatic rings. The van der Waals surface area contributed by atoms with Crippen LogP contribution in [0.1, 0.15) is 28.7 Å². The summed E-state index contributed by atoms with van der Waals surface area (Å²) in [6, 6.07) is 26.3. The fourth-order valence-electron chi connectivity index (χ4n) is 4.82. The Morgan fingerprint density at radius 2 is 1.62 bits per heavy atom. The van der Waals surface area contributed by atoms with E-state index in [9.17, 15) is 18.0 Å². The fourth-order valence-corrected chi connectivity index (χ4v) is 5.65. The van der Waals surface area contributed by atoms with Gasteiger partial charge in [0.05, 0.1) is 18.1 Å². The molecule has 0 aliphatic carbocycles. The Kier molecular flexibility index (Phi) is 8.21. The number of rotatable bonds is 9. The van der Waals surface area contributed by atoms with E-state index in [-0.39, 0.29) is 6.42 Å². The normalized spacial score (nSPS) is 14.1. The lowest BCUT2D eigenvalue weighted by Crippen LogP contribution is -2.47. The van der Waals surface area contributed by atoms with Crippen LogP contribution < -0.4 is 9.62 Å². The molecule has 2 amide bonds. The summed E-state index contributed by atoms with van der Waals surface area (Å²) in [7, 11) is -4.15. The maximum Gasteiger partial charge on any atom is 0.257 e. The van der Waals surface area contributed by atoms with Crippen LogP contribution in [0.25, 0.3) is 6.08 Å². The van der Waals surface area contributed by atoms with Crippen LogP contribution in [-0.4, -0.2) is 36.6 Å². The zero-order valence-electron chi connectivity index (χ0n) is 21.9. The summed E-state index contributed by atoms with van der Waals surface area (Å²) in [6.07, 6.45) is 6.40. The first kappa shape index (κ1) is 27.1. The number of aromatic nitrogens is 2. The highest BCUT2D eigenvalue weighted by Gasteiger charge is 2.35. The summed E-state index contributed by atoms with van der Waals surface area (Å²) in [4.78, 5) is 29.0. The van der Waals surface area contributed by atoms with E-state index in [0.717, 1.165) is 35.1 Å². The largest absolute Gasteiger partial charge is 0.311 e. The molecule has 0 radical (unpaired) electrons. The minimum Gasteiger partial charge on any atom is -0.311 e. The first-order chi connectivity index (χ1) is 19.4. The Balaban J connectivity index is 1.39. The zero-order chi connectivity index (χ0) is 28.0. The fraction of sp³-hybridized carbons (Fsp3) is 0.194. The van der Waals surface area contributed by atoms with E-state index in [1.807, 2.05) is 60.7 Å². The van der Waals surface area contributed by atoms with Gasteiger partial charge in [-0.3, -0.25) is 14.3 Å².